The van der Waals surface area contributed by atoms with Gasteiger partial charge in [-0.05, 0) is 47.4 Å². The highest BCUT2D eigenvalue weighted by Crippen LogP contribution is 2.29. The van der Waals surface area contributed by atoms with Crippen molar-refractivity contribution < 1.29 is 9.53 Å². The van der Waals surface area contributed by atoms with Gasteiger partial charge in [-0.3, -0.25) is 4.79 Å². The van der Waals surface area contributed by atoms with E-state index in [-0.39, 0.29) is 5.12 Å². The minimum absolute atomic E-state index is 0.294. The van der Waals surface area contributed by atoms with Gasteiger partial charge >= 0.3 is 0 Å². The predicted molar refractivity (Wildman–Crippen MR) is 94.9 cm³/mol. The van der Waals surface area contributed by atoms with Gasteiger partial charge in [-0.2, -0.15) is 5.26 Å². The number of benzene rings is 2. The fourth-order valence-corrected chi connectivity index (χ4v) is 2.31. The molecule has 0 N–H and O–H groups in total. The van der Waals surface area contributed by atoms with E-state index in [0.29, 0.717) is 23.7 Å². The van der Waals surface area contributed by atoms with E-state index < -0.39 is 0 Å². The summed E-state index contributed by atoms with van der Waals surface area (Å²) in [5.74, 6) is 1.20. The third-order valence-electron chi connectivity index (χ3n) is 3.78. The molecule has 0 amide bonds. The minimum atomic E-state index is -0.294. The number of carbonyl (C=O) groups is 1. The van der Waals surface area contributed by atoms with Crippen molar-refractivity contribution in [3.63, 3.8) is 0 Å². The number of hydrogen-bond acceptors (Lipinski definition) is 3. The minimum Gasteiger partial charge on any atom is -0.493 e. The Morgan fingerprint density at radius 3 is 2.52 bits per heavy atom. The van der Waals surface area contributed by atoms with Crippen LogP contribution in [-0.2, 0) is 0 Å². The van der Waals surface area contributed by atoms with Crippen LogP contribution in [0, 0.1) is 17.2 Å². The molecule has 23 heavy (non-hydrogen) atoms. The number of rotatable bonds is 6. The first-order valence-corrected chi connectivity index (χ1v) is 8.00. The Labute approximate surface area is 142 Å². The van der Waals surface area contributed by atoms with Crippen LogP contribution < -0.4 is 4.74 Å². The topological polar surface area (TPSA) is 50.1 Å². The third-order valence-corrected chi connectivity index (χ3v) is 4.02. The molecule has 4 heteroatoms. The second-order valence-electron chi connectivity index (χ2n) is 5.53. The molecule has 0 radical (unpaired) electrons. The van der Waals surface area contributed by atoms with E-state index in [1.807, 2.05) is 18.2 Å². The molecule has 0 bridgehead atoms. The van der Waals surface area contributed by atoms with Gasteiger partial charge in [0.05, 0.1) is 18.2 Å². The zero-order valence-electron chi connectivity index (χ0n) is 13.2. The van der Waals surface area contributed by atoms with Gasteiger partial charge in [0.2, 0.25) is 5.12 Å². The van der Waals surface area contributed by atoms with Gasteiger partial charge in [0, 0.05) is 5.56 Å². The SMILES string of the molecule is CC[C@H](C)COc1ccc(C(=O)S)c(-c2ccc(C#N)cc2)c1. The van der Waals surface area contributed by atoms with E-state index in [4.69, 9.17) is 10.00 Å². The lowest BCUT2D eigenvalue weighted by atomic mass is 9.99. The van der Waals surface area contributed by atoms with Gasteiger partial charge in [-0.25, -0.2) is 0 Å². The first-order chi connectivity index (χ1) is 11.0. The molecule has 0 heterocycles. The molecule has 3 nitrogen and oxygen atoms in total. The fourth-order valence-electron chi connectivity index (χ4n) is 2.12. The molecule has 0 saturated heterocycles. The zero-order chi connectivity index (χ0) is 16.8. The van der Waals surface area contributed by atoms with Gasteiger partial charge in [0.1, 0.15) is 5.75 Å². The van der Waals surface area contributed by atoms with Crippen LogP contribution in [0.3, 0.4) is 0 Å². The molecule has 2 aromatic carbocycles. The second kappa shape index (κ2) is 7.85. The average molecular weight is 325 g/mol. The van der Waals surface area contributed by atoms with Crippen LogP contribution in [0.4, 0.5) is 0 Å². The predicted octanol–water partition coefficient (Wildman–Crippen LogP) is 4.72. The molecule has 2 aromatic rings. The summed E-state index contributed by atoms with van der Waals surface area (Å²) in [6.45, 7) is 4.89. The quantitative estimate of drug-likeness (QED) is 0.782. The molecular formula is C19H19NO2S. The molecule has 0 aliphatic carbocycles. The summed E-state index contributed by atoms with van der Waals surface area (Å²) in [6.07, 6.45) is 1.05. The number of carbonyl (C=O) groups excluding carboxylic acids is 1. The maximum Gasteiger partial charge on any atom is 0.216 e. The van der Waals surface area contributed by atoms with E-state index in [1.54, 1.807) is 24.3 Å². The number of hydrogen-bond donors (Lipinski definition) is 1. The lowest BCUT2D eigenvalue weighted by Crippen LogP contribution is -2.07. The van der Waals surface area contributed by atoms with Gasteiger partial charge < -0.3 is 4.74 Å². The van der Waals surface area contributed by atoms with Crippen molar-refractivity contribution in [2.75, 3.05) is 6.61 Å². The molecule has 1 atom stereocenters. The molecular weight excluding hydrogens is 306 g/mol. The van der Waals surface area contributed by atoms with E-state index in [9.17, 15) is 4.79 Å². The maximum absolute atomic E-state index is 11.8. The van der Waals surface area contributed by atoms with Crippen molar-refractivity contribution in [1.29, 1.82) is 5.26 Å². The largest absolute Gasteiger partial charge is 0.493 e. The van der Waals surface area contributed by atoms with Gasteiger partial charge in [0.25, 0.3) is 0 Å². The average Bonchev–Trinajstić information content (AvgIpc) is 2.59. The number of nitriles is 1. The van der Waals surface area contributed by atoms with E-state index in [2.05, 4.69) is 32.5 Å². The smallest absolute Gasteiger partial charge is 0.216 e. The van der Waals surface area contributed by atoms with Crippen LogP contribution in [0.5, 0.6) is 5.75 Å². The number of nitrogens with zero attached hydrogens (tertiary/aromatic N) is 1. The van der Waals surface area contributed by atoms with E-state index in [0.717, 1.165) is 23.3 Å². The summed E-state index contributed by atoms with van der Waals surface area (Å²) >= 11 is 3.95. The highest BCUT2D eigenvalue weighted by molar-refractivity contribution is 7.97. The number of ether oxygens (including phenoxy) is 1. The van der Waals surface area contributed by atoms with Gasteiger partial charge in [-0.15, -0.1) is 12.6 Å². The highest BCUT2D eigenvalue weighted by Gasteiger charge is 2.12. The highest BCUT2D eigenvalue weighted by atomic mass is 32.1. The molecule has 2 rings (SSSR count). The Morgan fingerprint density at radius 2 is 1.96 bits per heavy atom. The van der Waals surface area contributed by atoms with Gasteiger partial charge in [-0.1, -0.05) is 32.4 Å². The van der Waals surface area contributed by atoms with E-state index >= 15 is 0 Å². The molecule has 0 aliphatic heterocycles. The van der Waals surface area contributed by atoms with Crippen molar-refractivity contribution in [3.8, 4) is 22.9 Å². The Kier molecular flexibility index (Phi) is 5.84. The first kappa shape index (κ1) is 17.1. The molecule has 118 valence electrons. The summed E-state index contributed by atoms with van der Waals surface area (Å²) in [7, 11) is 0. The maximum atomic E-state index is 11.8. The third kappa shape index (κ3) is 4.37. The molecule has 0 aromatic heterocycles. The lowest BCUT2D eigenvalue weighted by Gasteiger charge is -2.14. The molecule has 0 spiro atoms. The summed E-state index contributed by atoms with van der Waals surface area (Å²) in [5, 5.41) is 8.60. The van der Waals surface area contributed by atoms with Crippen molar-refractivity contribution in [2.45, 2.75) is 20.3 Å². The molecule has 0 saturated carbocycles. The molecule has 0 aliphatic rings. The van der Waals surface area contributed by atoms with Crippen LogP contribution in [0.25, 0.3) is 11.1 Å². The normalized spacial score (nSPS) is 11.6. The Hall–Kier alpha value is -2.25. The molecule has 0 unspecified atom stereocenters. The fraction of sp³-hybridized carbons (Fsp3) is 0.263. The lowest BCUT2D eigenvalue weighted by molar-refractivity contribution is 0.109. The van der Waals surface area contributed by atoms with Crippen LogP contribution in [0.15, 0.2) is 42.5 Å². The standard InChI is InChI=1S/C19H19NO2S/c1-3-13(2)12-22-16-8-9-17(19(21)23)18(10-16)15-6-4-14(11-20)5-7-15/h4-10,13H,3,12H2,1-2H3,(H,21,23)/t13-/m0/s1. The summed E-state index contributed by atoms with van der Waals surface area (Å²) in [6, 6.07) is 14.6. The monoisotopic (exact) mass is 325 g/mol. The Bertz CT molecular complexity index is 732. The first-order valence-electron chi connectivity index (χ1n) is 7.55. The van der Waals surface area contributed by atoms with Gasteiger partial charge in [0.15, 0.2) is 0 Å². The Balaban J connectivity index is 2.37. The van der Waals surface area contributed by atoms with Crippen LogP contribution in [0.1, 0.15) is 36.2 Å². The zero-order valence-corrected chi connectivity index (χ0v) is 14.1. The van der Waals surface area contributed by atoms with Crippen molar-refractivity contribution >= 4 is 17.7 Å². The van der Waals surface area contributed by atoms with Crippen molar-refractivity contribution in [2.24, 2.45) is 5.92 Å². The van der Waals surface area contributed by atoms with E-state index in [1.165, 1.54) is 0 Å². The molecule has 0 fully saturated rings. The summed E-state index contributed by atoms with van der Waals surface area (Å²) < 4.78 is 5.81. The van der Waals surface area contributed by atoms with Crippen LogP contribution >= 0.6 is 12.6 Å². The van der Waals surface area contributed by atoms with Crippen LogP contribution in [-0.4, -0.2) is 11.7 Å². The van der Waals surface area contributed by atoms with Crippen LogP contribution in [0.2, 0.25) is 0 Å². The van der Waals surface area contributed by atoms with Crippen molar-refractivity contribution in [1.82, 2.24) is 0 Å². The number of thiol groups is 1. The Morgan fingerprint density at radius 1 is 1.26 bits per heavy atom. The summed E-state index contributed by atoms with van der Waals surface area (Å²) in [5.41, 5.74) is 2.72. The van der Waals surface area contributed by atoms with Crippen molar-refractivity contribution in [3.05, 3.63) is 53.6 Å². The second-order valence-corrected chi connectivity index (χ2v) is 5.93. The summed E-state index contributed by atoms with van der Waals surface area (Å²) in [4.78, 5) is 11.8.